The van der Waals surface area contributed by atoms with Crippen molar-refractivity contribution in [3.8, 4) is 5.75 Å². The third-order valence-corrected chi connectivity index (χ3v) is 11.2. The van der Waals surface area contributed by atoms with Crippen LogP contribution < -0.4 is 20.1 Å². The number of carbonyl (C=O) groups is 5. The molecular weight excluding hydrogens is 762 g/mol. The quantitative estimate of drug-likeness (QED) is 0.171. The summed E-state index contributed by atoms with van der Waals surface area (Å²) in [5, 5.41) is 5.14. The zero-order valence-electron chi connectivity index (χ0n) is 33.0. The Bertz CT molecular complexity index is 1990. The van der Waals surface area contributed by atoms with Gasteiger partial charge in [0.05, 0.1) is 26.0 Å². The molecule has 3 aliphatic rings. The Balaban J connectivity index is 1.34. The number of benzene rings is 2. The molecule has 1 saturated carbocycles. The average Bonchev–Trinajstić information content (AvgIpc) is 3.42. The maximum atomic E-state index is 14.4. The second-order valence-corrected chi connectivity index (χ2v) is 17.4. The van der Waals surface area contributed by atoms with E-state index in [1.54, 1.807) is 57.2 Å². The van der Waals surface area contributed by atoms with Crippen molar-refractivity contribution in [2.24, 2.45) is 5.92 Å². The predicted octanol–water partition coefficient (Wildman–Crippen LogP) is 4.44. The number of carbonyl (C=O) groups excluding carboxylic acids is 5. The molecule has 1 aliphatic carbocycles. The SMILES string of the molecule is CCCCC/C=C\[C@@H]1C[C@]1(NC(=O)[C@@H]1C[C@@H](OC(=O)N2Cc3cccc(F)c3C2)CN1C(=O)CNC(=O)OC(C)(C)C)C(=O)NS(=O)(=O)Cc1cccc(OC)c1. The summed E-state index contributed by atoms with van der Waals surface area (Å²) in [6.45, 7) is 6.34. The van der Waals surface area contributed by atoms with Crippen molar-refractivity contribution >= 4 is 39.9 Å². The highest BCUT2D eigenvalue weighted by molar-refractivity contribution is 7.89. The zero-order chi connectivity index (χ0) is 41.5. The van der Waals surface area contributed by atoms with Crippen LogP contribution in [-0.2, 0) is 52.7 Å². The van der Waals surface area contributed by atoms with E-state index >= 15 is 0 Å². The van der Waals surface area contributed by atoms with Crippen LogP contribution in [0.15, 0.2) is 54.6 Å². The molecule has 2 heterocycles. The van der Waals surface area contributed by atoms with Crippen molar-refractivity contribution in [1.29, 1.82) is 0 Å². The van der Waals surface area contributed by atoms with Crippen molar-refractivity contribution in [1.82, 2.24) is 25.2 Å². The fourth-order valence-electron chi connectivity index (χ4n) is 7.01. The van der Waals surface area contributed by atoms with E-state index in [0.29, 0.717) is 22.4 Å². The van der Waals surface area contributed by atoms with Gasteiger partial charge in [-0.3, -0.25) is 24.0 Å². The largest absolute Gasteiger partial charge is 0.497 e. The first kappa shape index (κ1) is 42.9. The number of methoxy groups -OCH3 is 1. The number of unbranched alkanes of at least 4 members (excludes halogenated alkanes) is 3. The van der Waals surface area contributed by atoms with Crippen LogP contribution in [0.5, 0.6) is 5.75 Å². The van der Waals surface area contributed by atoms with Crippen LogP contribution in [0.1, 0.15) is 82.9 Å². The van der Waals surface area contributed by atoms with Crippen LogP contribution in [0, 0.1) is 11.7 Å². The number of halogens is 1. The van der Waals surface area contributed by atoms with Crippen molar-refractivity contribution in [3.05, 3.63) is 77.1 Å². The Labute approximate surface area is 332 Å². The summed E-state index contributed by atoms with van der Waals surface area (Å²) >= 11 is 0. The third-order valence-electron chi connectivity index (χ3n) is 9.97. The van der Waals surface area contributed by atoms with Gasteiger partial charge in [0, 0.05) is 24.4 Å². The first-order chi connectivity index (χ1) is 26.9. The molecule has 17 heteroatoms. The highest BCUT2D eigenvalue weighted by Gasteiger charge is 2.61. The van der Waals surface area contributed by atoms with Gasteiger partial charge in [-0.25, -0.2) is 22.4 Å². The lowest BCUT2D eigenvalue weighted by atomic mass is 10.1. The van der Waals surface area contributed by atoms with Gasteiger partial charge in [-0.05, 0) is 69.4 Å². The number of likely N-dealkylation sites (tertiary alicyclic amines) is 1. The third kappa shape index (κ3) is 11.2. The van der Waals surface area contributed by atoms with E-state index < -0.39 is 87.2 Å². The summed E-state index contributed by atoms with van der Waals surface area (Å²) in [7, 11) is -2.80. The van der Waals surface area contributed by atoms with Crippen LogP contribution in [0.3, 0.4) is 0 Å². The fraction of sp³-hybridized carbons (Fsp3) is 0.525. The lowest BCUT2D eigenvalue weighted by molar-refractivity contribution is -0.139. The van der Waals surface area contributed by atoms with Gasteiger partial charge < -0.3 is 29.7 Å². The molecule has 3 N–H and O–H groups in total. The van der Waals surface area contributed by atoms with E-state index in [2.05, 4.69) is 22.3 Å². The Hall–Kier alpha value is -5.19. The zero-order valence-corrected chi connectivity index (χ0v) is 33.8. The minimum Gasteiger partial charge on any atom is -0.497 e. The molecule has 5 amide bonds. The van der Waals surface area contributed by atoms with E-state index in [1.807, 2.05) is 6.08 Å². The Morgan fingerprint density at radius 2 is 1.81 bits per heavy atom. The molecular formula is C40H52FN5O10S. The number of hydrogen-bond acceptors (Lipinski definition) is 10. The minimum absolute atomic E-state index is 0.0222. The maximum Gasteiger partial charge on any atom is 0.410 e. The number of alkyl carbamates (subject to hydrolysis) is 1. The molecule has 0 spiro atoms. The monoisotopic (exact) mass is 813 g/mol. The van der Waals surface area contributed by atoms with E-state index in [9.17, 15) is 36.8 Å². The summed E-state index contributed by atoms with van der Waals surface area (Å²) in [5.41, 5.74) is -1.13. The lowest BCUT2D eigenvalue weighted by Crippen LogP contribution is -2.57. The predicted molar refractivity (Wildman–Crippen MR) is 206 cm³/mol. The van der Waals surface area contributed by atoms with Gasteiger partial charge in [-0.1, -0.05) is 56.2 Å². The molecule has 57 heavy (non-hydrogen) atoms. The van der Waals surface area contributed by atoms with Crippen LogP contribution in [0.2, 0.25) is 0 Å². The van der Waals surface area contributed by atoms with Crippen molar-refractivity contribution in [2.45, 2.75) is 108 Å². The van der Waals surface area contributed by atoms with Gasteiger partial charge in [0.2, 0.25) is 21.8 Å². The Morgan fingerprint density at radius 1 is 1.05 bits per heavy atom. The molecule has 4 atom stereocenters. The summed E-state index contributed by atoms with van der Waals surface area (Å²) in [6.07, 6.45) is 4.62. The van der Waals surface area contributed by atoms with E-state index in [1.165, 1.54) is 24.1 Å². The first-order valence-corrected chi connectivity index (χ1v) is 20.7. The number of sulfonamides is 1. The number of rotatable bonds is 15. The van der Waals surface area contributed by atoms with Gasteiger partial charge in [-0.2, -0.15) is 0 Å². The number of amides is 5. The van der Waals surface area contributed by atoms with Crippen molar-refractivity contribution in [2.75, 3.05) is 20.2 Å². The summed E-state index contributed by atoms with van der Waals surface area (Å²) in [5.74, 6) is -3.51. The first-order valence-electron chi connectivity index (χ1n) is 19.1. The van der Waals surface area contributed by atoms with Crippen molar-refractivity contribution < 1.29 is 51.0 Å². The number of allylic oxidation sites excluding steroid dienone is 1. The number of fused-ring (bicyclic) bond motifs is 1. The van der Waals surface area contributed by atoms with E-state index in [4.69, 9.17) is 14.2 Å². The standard InChI is InChI=1S/C40H52FN5O10S/c1-6-7-8-9-10-15-28-20-40(28,36(49)44-57(52,53)25-26-13-11-16-29(18-26)54-5)43-35(48)33-19-30(23-46(33)34(47)21-42-37(50)56-39(2,3)4)55-38(51)45-22-27-14-12-17-32(41)31(27)24-45/h10-18,28,30,33H,6-9,19-25H2,1-5H3,(H,42,50)(H,43,48)(H,44,49)/b15-10-/t28-,30-,33+,40-/m1/s1. The van der Waals surface area contributed by atoms with Crippen LogP contribution in [0.4, 0.5) is 14.0 Å². The second kappa shape index (κ2) is 17.9. The normalized spacial score (nSPS) is 21.5. The van der Waals surface area contributed by atoms with Gasteiger partial charge in [0.15, 0.2) is 0 Å². The molecule has 0 unspecified atom stereocenters. The van der Waals surface area contributed by atoms with Gasteiger partial charge in [0.25, 0.3) is 5.91 Å². The number of hydrogen-bond donors (Lipinski definition) is 3. The molecule has 0 aromatic heterocycles. The molecule has 15 nitrogen and oxygen atoms in total. The molecule has 2 fully saturated rings. The van der Waals surface area contributed by atoms with Gasteiger partial charge >= 0.3 is 12.2 Å². The van der Waals surface area contributed by atoms with E-state index in [0.717, 1.165) is 30.6 Å². The molecule has 0 radical (unpaired) electrons. The minimum atomic E-state index is -4.25. The summed E-state index contributed by atoms with van der Waals surface area (Å²) < 4.78 is 59.3. The van der Waals surface area contributed by atoms with Gasteiger partial charge in [0.1, 0.15) is 41.4 Å². The van der Waals surface area contributed by atoms with Crippen molar-refractivity contribution in [3.63, 3.8) is 0 Å². The molecule has 2 aromatic carbocycles. The topological polar surface area (TPSA) is 190 Å². The summed E-state index contributed by atoms with van der Waals surface area (Å²) in [4.78, 5) is 69.9. The lowest BCUT2D eigenvalue weighted by Gasteiger charge is -2.27. The molecule has 2 aromatic rings. The van der Waals surface area contributed by atoms with Gasteiger partial charge in [-0.15, -0.1) is 0 Å². The maximum absolute atomic E-state index is 14.4. The molecule has 5 rings (SSSR count). The van der Waals surface area contributed by atoms with E-state index in [-0.39, 0.29) is 32.5 Å². The van der Waals surface area contributed by atoms with Crippen LogP contribution in [0.25, 0.3) is 0 Å². The Kier molecular flexibility index (Phi) is 13.5. The smallest absolute Gasteiger partial charge is 0.410 e. The van der Waals surface area contributed by atoms with Crippen LogP contribution >= 0.6 is 0 Å². The molecule has 2 aliphatic heterocycles. The average molecular weight is 814 g/mol. The number of nitrogens with zero attached hydrogens (tertiary/aromatic N) is 2. The number of nitrogens with one attached hydrogen (secondary N) is 3. The Morgan fingerprint density at radius 3 is 2.51 bits per heavy atom. The highest BCUT2D eigenvalue weighted by Crippen LogP contribution is 2.46. The summed E-state index contributed by atoms with van der Waals surface area (Å²) in [6, 6.07) is 9.68. The molecule has 0 bridgehead atoms. The number of ether oxygens (including phenoxy) is 3. The second-order valence-electron chi connectivity index (χ2n) is 15.6. The van der Waals surface area contributed by atoms with Crippen LogP contribution in [-0.4, -0.2) is 91.6 Å². The molecule has 310 valence electrons. The molecule has 1 saturated heterocycles. The highest BCUT2D eigenvalue weighted by atomic mass is 32.2. The fourth-order valence-corrected chi connectivity index (χ4v) is 8.16.